The maximum absolute atomic E-state index is 11.0. The van der Waals surface area contributed by atoms with E-state index in [0.717, 1.165) is 12.8 Å². The van der Waals surface area contributed by atoms with Crippen molar-refractivity contribution in [1.82, 2.24) is 0 Å². The average molecular weight is 299 g/mol. The van der Waals surface area contributed by atoms with E-state index in [0.29, 0.717) is 12.3 Å². The van der Waals surface area contributed by atoms with Crippen molar-refractivity contribution in [2.45, 2.75) is 110 Å². The van der Waals surface area contributed by atoms with Crippen LogP contribution in [-0.2, 0) is 4.79 Å². The highest BCUT2D eigenvalue weighted by Gasteiger charge is 2.12. The van der Waals surface area contributed by atoms with Crippen LogP contribution in [0.3, 0.4) is 0 Å². The summed E-state index contributed by atoms with van der Waals surface area (Å²) in [5.41, 5.74) is 0. The van der Waals surface area contributed by atoms with E-state index in [2.05, 4.69) is 13.8 Å². The molecule has 0 aliphatic heterocycles. The minimum absolute atomic E-state index is 0.379. The van der Waals surface area contributed by atoms with E-state index < -0.39 is 5.97 Å². The molecule has 0 bridgehead atoms. The van der Waals surface area contributed by atoms with Crippen LogP contribution < -0.4 is 0 Å². The molecule has 1 atom stereocenters. The molecule has 0 aromatic carbocycles. The average Bonchev–Trinajstić information content (AvgIpc) is 2.45. The van der Waals surface area contributed by atoms with Crippen LogP contribution >= 0.6 is 0 Å². The van der Waals surface area contributed by atoms with Gasteiger partial charge in [-0.1, -0.05) is 90.9 Å². The first kappa shape index (κ1) is 20.5. The minimum Gasteiger partial charge on any atom is -0.481 e. The van der Waals surface area contributed by atoms with E-state index in [1.54, 1.807) is 0 Å². The summed E-state index contributed by atoms with van der Waals surface area (Å²) < 4.78 is 0. The third kappa shape index (κ3) is 15.7. The van der Waals surface area contributed by atoms with Crippen LogP contribution in [0.15, 0.2) is 0 Å². The van der Waals surface area contributed by atoms with Gasteiger partial charge in [0.25, 0.3) is 0 Å². The quantitative estimate of drug-likeness (QED) is 0.327. The van der Waals surface area contributed by atoms with Crippen molar-refractivity contribution in [2.75, 3.05) is 0 Å². The number of rotatable bonds is 16. The molecule has 2 nitrogen and oxygen atoms in total. The van der Waals surface area contributed by atoms with Crippen molar-refractivity contribution < 1.29 is 9.90 Å². The molecule has 126 valence electrons. The molecule has 0 radical (unpaired) electrons. The monoisotopic (exact) mass is 298 g/mol. The molecule has 0 aromatic heterocycles. The molecule has 0 aliphatic rings. The molecule has 0 heterocycles. The molecule has 1 unspecified atom stereocenters. The van der Waals surface area contributed by atoms with Crippen molar-refractivity contribution in [3.05, 3.63) is 0 Å². The van der Waals surface area contributed by atoms with Crippen LogP contribution in [0, 0.1) is 5.92 Å². The van der Waals surface area contributed by atoms with Gasteiger partial charge in [-0.3, -0.25) is 4.79 Å². The smallest absolute Gasteiger partial charge is 0.303 e. The highest BCUT2D eigenvalue weighted by Crippen LogP contribution is 2.22. The molecule has 2 heteroatoms. The number of carboxylic acids is 1. The Morgan fingerprint density at radius 1 is 0.714 bits per heavy atom. The van der Waals surface area contributed by atoms with E-state index in [1.165, 1.54) is 77.0 Å². The second kappa shape index (κ2) is 15.9. The highest BCUT2D eigenvalue weighted by molar-refractivity contribution is 5.66. The van der Waals surface area contributed by atoms with Crippen molar-refractivity contribution in [3.63, 3.8) is 0 Å². The molecule has 0 fully saturated rings. The van der Waals surface area contributed by atoms with Gasteiger partial charge in [0.1, 0.15) is 0 Å². The van der Waals surface area contributed by atoms with Crippen molar-refractivity contribution in [1.29, 1.82) is 0 Å². The predicted octanol–water partition coefficient (Wildman–Crippen LogP) is 6.58. The van der Waals surface area contributed by atoms with Crippen molar-refractivity contribution in [3.8, 4) is 0 Å². The number of carbonyl (C=O) groups is 1. The van der Waals surface area contributed by atoms with Crippen LogP contribution in [0.1, 0.15) is 110 Å². The van der Waals surface area contributed by atoms with Gasteiger partial charge in [-0.05, 0) is 18.8 Å². The van der Waals surface area contributed by atoms with Gasteiger partial charge in [0, 0.05) is 6.42 Å². The first-order valence-corrected chi connectivity index (χ1v) is 9.42. The predicted molar refractivity (Wildman–Crippen MR) is 91.7 cm³/mol. The molecule has 21 heavy (non-hydrogen) atoms. The first-order valence-electron chi connectivity index (χ1n) is 9.42. The summed E-state index contributed by atoms with van der Waals surface area (Å²) in [7, 11) is 0. The fourth-order valence-electron chi connectivity index (χ4n) is 3.02. The number of hydrogen-bond donors (Lipinski definition) is 1. The maximum Gasteiger partial charge on any atom is 0.303 e. The van der Waals surface area contributed by atoms with E-state index in [-0.39, 0.29) is 0 Å². The van der Waals surface area contributed by atoms with Gasteiger partial charge < -0.3 is 5.11 Å². The number of unbranched alkanes of at least 4 members (excludes halogenated alkanes) is 10. The summed E-state index contributed by atoms with van der Waals surface area (Å²) in [5.74, 6) is -0.198. The van der Waals surface area contributed by atoms with Crippen LogP contribution in [0.25, 0.3) is 0 Å². The van der Waals surface area contributed by atoms with Gasteiger partial charge in [0.05, 0.1) is 0 Å². The molecule has 0 amide bonds. The van der Waals surface area contributed by atoms with E-state index in [9.17, 15) is 4.79 Å². The third-order valence-electron chi connectivity index (χ3n) is 4.40. The largest absolute Gasteiger partial charge is 0.481 e. The zero-order valence-electron chi connectivity index (χ0n) is 14.5. The number of carboxylic acid groups (broad SMARTS) is 1. The molecular formula is C19H38O2. The van der Waals surface area contributed by atoms with Crippen molar-refractivity contribution >= 4 is 5.97 Å². The Hall–Kier alpha value is -0.530. The van der Waals surface area contributed by atoms with Gasteiger partial charge in [0.15, 0.2) is 0 Å². The minimum atomic E-state index is -0.614. The highest BCUT2D eigenvalue weighted by atomic mass is 16.4. The maximum atomic E-state index is 11.0. The molecule has 1 N–H and O–H groups in total. The Morgan fingerprint density at radius 2 is 1.10 bits per heavy atom. The fourth-order valence-corrected chi connectivity index (χ4v) is 3.02. The van der Waals surface area contributed by atoms with Crippen LogP contribution in [-0.4, -0.2) is 11.1 Å². The normalized spacial score (nSPS) is 12.5. The Balaban J connectivity index is 3.63. The van der Waals surface area contributed by atoms with Crippen LogP contribution in [0.5, 0.6) is 0 Å². The molecular weight excluding hydrogens is 260 g/mol. The summed E-state index contributed by atoms with van der Waals surface area (Å²) >= 11 is 0. The molecule has 0 spiro atoms. The lowest BCUT2D eigenvalue weighted by atomic mass is 9.91. The standard InChI is InChI=1S/C19H38O2/c1-3-5-7-9-10-12-14-16-18(17-19(20)21)15-13-11-8-6-4-2/h18H,3-17H2,1-2H3,(H,20,21). The lowest BCUT2D eigenvalue weighted by Gasteiger charge is -2.14. The Labute approximate surface area is 132 Å². The second-order valence-corrected chi connectivity index (χ2v) is 6.58. The first-order chi connectivity index (χ1) is 10.2. The summed E-state index contributed by atoms with van der Waals surface area (Å²) in [5, 5.41) is 9.02. The summed E-state index contributed by atoms with van der Waals surface area (Å²) in [6.45, 7) is 4.48. The Morgan fingerprint density at radius 3 is 1.48 bits per heavy atom. The summed E-state index contributed by atoms with van der Waals surface area (Å²) in [4.78, 5) is 11.0. The van der Waals surface area contributed by atoms with Gasteiger partial charge in [-0.2, -0.15) is 0 Å². The molecule has 0 aromatic rings. The molecule has 0 saturated heterocycles. The summed E-state index contributed by atoms with van der Waals surface area (Å²) in [6.07, 6.45) is 18.2. The van der Waals surface area contributed by atoms with Crippen LogP contribution in [0.4, 0.5) is 0 Å². The van der Waals surface area contributed by atoms with E-state index >= 15 is 0 Å². The lowest BCUT2D eigenvalue weighted by molar-refractivity contribution is -0.138. The van der Waals surface area contributed by atoms with Crippen LogP contribution in [0.2, 0.25) is 0 Å². The van der Waals surface area contributed by atoms with E-state index in [4.69, 9.17) is 5.11 Å². The Kier molecular flexibility index (Phi) is 15.5. The number of aliphatic carboxylic acids is 1. The SMILES string of the molecule is CCCCCCCCCC(CCCCCCC)CC(=O)O. The van der Waals surface area contributed by atoms with Gasteiger partial charge in [-0.15, -0.1) is 0 Å². The second-order valence-electron chi connectivity index (χ2n) is 6.58. The topological polar surface area (TPSA) is 37.3 Å². The van der Waals surface area contributed by atoms with E-state index in [1.807, 2.05) is 0 Å². The zero-order chi connectivity index (χ0) is 15.8. The van der Waals surface area contributed by atoms with Gasteiger partial charge >= 0.3 is 5.97 Å². The van der Waals surface area contributed by atoms with Gasteiger partial charge in [0.2, 0.25) is 0 Å². The fraction of sp³-hybridized carbons (Fsp3) is 0.947. The third-order valence-corrected chi connectivity index (χ3v) is 4.40. The molecule has 0 rings (SSSR count). The Bertz CT molecular complexity index is 226. The van der Waals surface area contributed by atoms with Gasteiger partial charge in [-0.25, -0.2) is 0 Å². The summed E-state index contributed by atoms with van der Waals surface area (Å²) in [6, 6.07) is 0. The van der Waals surface area contributed by atoms with Crippen molar-refractivity contribution in [2.24, 2.45) is 5.92 Å². The lowest BCUT2D eigenvalue weighted by Crippen LogP contribution is -2.08. The molecule has 0 aliphatic carbocycles. The number of hydrogen-bond acceptors (Lipinski definition) is 1. The molecule has 0 saturated carbocycles. The zero-order valence-corrected chi connectivity index (χ0v) is 14.5.